The lowest BCUT2D eigenvalue weighted by atomic mass is 10.1. The van der Waals surface area contributed by atoms with Crippen LogP contribution < -0.4 is 5.32 Å². The van der Waals surface area contributed by atoms with Gasteiger partial charge in [-0.2, -0.15) is 11.8 Å². The second-order valence-electron chi connectivity index (χ2n) is 4.69. The summed E-state index contributed by atoms with van der Waals surface area (Å²) in [6.07, 6.45) is 6.03. The van der Waals surface area contributed by atoms with Crippen LogP contribution in [0.3, 0.4) is 0 Å². The molecule has 0 aliphatic heterocycles. The van der Waals surface area contributed by atoms with E-state index in [0.29, 0.717) is 11.6 Å². The van der Waals surface area contributed by atoms with Gasteiger partial charge in [-0.1, -0.05) is 18.6 Å². The second-order valence-corrected chi connectivity index (χ2v) is 5.77. The highest BCUT2D eigenvalue weighted by Gasteiger charge is 2.25. The van der Waals surface area contributed by atoms with E-state index in [2.05, 4.69) is 11.6 Å². The van der Waals surface area contributed by atoms with E-state index < -0.39 is 5.97 Å². The lowest BCUT2D eigenvalue weighted by molar-refractivity contribution is 0.0697. The molecule has 0 heterocycles. The van der Waals surface area contributed by atoms with Crippen molar-refractivity contribution in [3.63, 3.8) is 0 Å². The third kappa shape index (κ3) is 3.27. The van der Waals surface area contributed by atoms with Gasteiger partial charge in [0, 0.05) is 17.8 Å². The average Bonchev–Trinajstić information content (AvgIpc) is 2.84. The van der Waals surface area contributed by atoms with Crippen molar-refractivity contribution in [2.24, 2.45) is 0 Å². The summed E-state index contributed by atoms with van der Waals surface area (Å²) >= 11 is 1.94. The van der Waals surface area contributed by atoms with E-state index in [9.17, 15) is 4.79 Å². The molecule has 2 unspecified atom stereocenters. The molecule has 1 aliphatic carbocycles. The predicted molar refractivity (Wildman–Crippen MR) is 75.2 cm³/mol. The minimum Gasteiger partial charge on any atom is -0.478 e. The number of rotatable bonds is 5. The summed E-state index contributed by atoms with van der Waals surface area (Å²) in [4.78, 5) is 10.7. The molecule has 2 N–H and O–H groups in total. The maximum absolute atomic E-state index is 10.7. The Morgan fingerprint density at radius 1 is 1.39 bits per heavy atom. The van der Waals surface area contributed by atoms with E-state index in [-0.39, 0.29) is 0 Å². The molecule has 0 bridgehead atoms. The number of thioether (sulfide) groups is 1. The Morgan fingerprint density at radius 2 is 2.11 bits per heavy atom. The average molecular weight is 265 g/mol. The van der Waals surface area contributed by atoms with Gasteiger partial charge in [0.25, 0.3) is 0 Å². The number of carbonyl (C=O) groups is 1. The van der Waals surface area contributed by atoms with E-state index in [1.807, 2.05) is 23.9 Å². The fourth-order valence-corrected chi connectivity index (χ4v) is 3.42. The first-order valence-electron chi connectivity index (χ1n) is 6.29. The SMILES string of the molecule is CSC1CCCC1NCc1ccc(C(=O)O)cc1. The first-order chi connectivity index (χ1) is 8.70. The molecule has 2 atom stereocenters. The van der Waals surface area contributed by atoms with Gasteiger partial charge in [-0.25, -0.2) is 4.79 Å². The molecule has 0 aromatic heterocycles. The van der Waals surface area contributed by atoms with Gasteiger partial charge in [-0.15, -0.1) is 0 Å². The summed E-state index contributed by atoms with van der Waals surface area (Å²) in [6, 6.07) is 7.71. The molecule has 0 amide bonds. The molecule has 98 valence electrons. The maximum Gasteiger partial charge on any atom is 0.335 e. The van der Waals surface area contributed by atoms with E-state index in [1.165, 1.54) is 19.3 Å². The Bertz CT molecular complexity index is 405. The van der Waals surface area contributed by atoms with E-state index in [0.717, 1.165) is 17.4 Å². The number of hydrogen-bond acceptors (Lipinski definition) is 3. The number of carboxylic acids is 1. The van der Waals surface area contributed by atoms with E-state index in [4.69, 9.17) is 5.11 Å². The summed E-state index contributed by atoms with van der Waals surface area (Å²) in [5.74, 6) is -0.868. The normalized spacial score (nSPS) is 23.2. The van der Waals surface area contributed by atoms with Gasteiger partial charge >= 0.3 is 5.97 Å². The Hall–Kier alpha value is -1.00. The van der Waals surface area contributed by atoms with Crippen molar-refractivity contribution in [3.8, 4) is 0 Å². The Balaban J connectivity index is 1.88. The van der Waals surface area contributed by atoms with Crippen molar-refractivity contribution in [1.29, 1.82) is 0 Å². The van der Waals surface area contributed by atoms with Crippen LogP contribution in [0.4, 0.5) is 0 Å². The molecule has 1 saturated carbocycles. The van der Waals surface area contributed by atoms with Crippen molar-refractivity contribution in [3.05, 3.63) is 35.4 Å². The van der Waals surface area contributed by atoms with Gasteiger partial charge in [-0.3, -0.25) is 0 Å². The highest BCUT2D eigenvalue weighted by molar-refractivity contribution is 7.99. The first-order valence-corrected chi connectivity index (χ1v) is 7.58. The standard InChI is InChI=1S/C14H19NO2S/c1-18-13-4-2-3-12(13)15-9-10-5-7-11(8-6-10)14(16)17/h5-8,12-13,15H,2-4,9H2,1H3,(H,16,17). The summed E-state index contributed by atoms with van der Waals surface area (Å²) < 4.78 is 0. The molecule has 18 heavy (non-hydrogen) atoms. The first kappa shape index (κ1) is 13.4. The molecular formula is C14H19NO2S. The van der Waals surface area contributed by atoms with Crippen molar-refractivity contribution in [2.45, 2.75) is 37.1 Å². The van der Waals surface area contributed by atoms with Crippen LogP contribution in [0, 0.1) is 0 Å². The fraction of sp³-hybridized carbons (Fsp3) is 0.500. The number of benzene rings is 1. The zero-order chi connectivity index (χ0) is 13.0. The van der Waals surface area contributed by atoms with Crippen LogP contribution in [-0.4, -0.2) is 28.6 Å². The summed E-state index contributed by atoms with van der Waals surface area (Å²) in [5.41, 5.74) is 1.49. The quantitative estimate of drug-likeness (QED) is 0.859. The Labute approximate surface area is 112 Å². The van der Waals surface area contributed by atoms with Gasteiger partial charge < -0.3 is 10.4 Å². The molecule has 1 aromatic carbocycles. The Morgan fingerprint density at radius 3 is 2.72 bits per heavy atom. The fourth-order valence-electron chi connectivity index (χ4n) is 2.46. The molecule has 2 rings (SSSR count). The van der Waals surface area contributed by atoms with Crippen LogP contribution in [0.2, 0.25) is 0 Å². The number of aromatic carboxylic acids is 1. The van der Waals surface area contributed by atoms with Crippen molar-refractivity contribution in [1.82, 2.24) is 5.32 Å². The Kier molecular flexibility index (Phi) is 4.66. The van der Waals surface area contributed by atoms with Crippen molar-refractivity contribution in [2.75, 3.05) is 6.26 Å². The lowest BCUT2D eigenvalue weighted by Gasteiger charge is -2.19. The molecule has 4 heteroatoms. The number of carboxylic acid groups (broad SMARTS) is 1. The molecule has 0 saturated heterocycles. The summed E-state index contributed by atoms with van der Waals surface area (Å²) in [5, 5.41) is 13.1. The zero-order valence-corrected chi connectivity index (χ0v) is 11.4. The zero-order valence-electron chi connectivity index (χ0n) is 10.6. The van der Waals surface area contributed by atoms with Crippen LogP contribution in [0.1, 0.15) is 35.2 Å². The highest BCUT2D eigenvalue weighted by Crippen LogP contribution is 2.28. The molecule has 3 nitrogen and oxygen atoms in total. The van der Waals surface area contributed by atoms with Gasteiger partial charge in [0.15, 0.2) is 0 Å². The largest absolute Gasteiger partial charge is 0.478 e. The van der Waals surface area contributed by atoms with Crippen LogP contribution >= 0.6 is 11.8 Å². The van der Waals surface area contributed by atoms with Crippen molar-refractivity contribution < 1.29 is 9.90 Å². The molecule has 0 radical (unpaired) electrons. The second kappa shape index (κ2) is 6.25. The van der Waals surface area contributed by atoms with Gasteiger partial charge in [-0.05, 0) is 36.8 Å². The summed E-state index contributed by atoms with van der Waals surface area (Å²) in [7, 11) is 0. The molecule has 1 aliphatic rings. The van der Waals surface area contributed by atoms with Crippen molar-refractivity contribution >= 4 is 17.7 Å². The van der Waals surface area contributed by atoms with E-state index in [1.54, 1.807) is 12.1 Å². The minimum absolute atomic E-state index is 0.349. The van der Waals surface area contributed by atoms with Crippen LogP contribution in [0.15, 0.2) is 24.3 Å². The molecular weight excluding hydrogens is 246 g/mol. The topological polar surface area (TPSA) is 49.3 Å². The van der Waals surface area contributed by atoms with Gasteiger partial charge in [0.05, 0.1) is 5.56 Å². The predicted octanol–water partition coefficient (Wildman–Crippen LogP) is 2.76. The van der Waals surface area contributed by atoms with Crippen LogP contribution in [0.25, 0.3) is 0 Å². The van der Waals surface area contributed by atoms with Crippen LogP contribution in [-0.2, 0) is 6.54 Å². The third-order valence-corrected chi connectivity index (χ3v) is 4.69. The maximum atomic E-state index is 10.7. The van der Waals surface area contributed by atoms with Gasteiger partial charge in [0.2, 0.25) is 0 Å². The molecule has 0 spiro atoms. The third-order valence-electron chi connectivity index (χ3n) is 3.52. The smallest absolute Gasteiger partial charge is 0.335 e. The molecule has 1 fully saturated rings. The lowest BCUT2D eigenvalue weighted by Crippen LogP contribution is -2.33. The minimum atomic E-state index is -0.868. The number of nitrogens with one attached hydrogen (secondary N) is 1. The monoisotopic (exact) mass is 265 g/mol. The number of hydrogen-bond donors (Lipinski definition) is 2. The molecule has 1 aromatic rings. The summed E-state index contributed by atoms with van der Waals surface area (Å²) in [6.45, 7) is 0.821. The van der Waals surface area contributed by atoms with E-state index >= 15 is 0 Å². The van der Waals surface area contributed by atoms with Gasteiger partial charge in [0.1, 0.15) is 0 Å². The highest BCUT2D eigenvalue weighted by atomic mass is 32.2. The van der Waals surface area contributed by atoms with Crippen LogP contribution in [0.5, 0.6) is 0 Å².